The maximum absolute atomic E-state index is 11.0. The molecule has 0 saturated heterocycles. The standard InChI is InChI=1S/C10H13N2O4.C5H5.Fe/c11-12-8(10(15)16)5-7(9(13)14)6-3-1-2-4-6;1-2-4-5-3-1;/h1-4,7-8,12H,5,11H2,(H,13,14)(H,15,16);1-5H;/q2*-1;+2/t7?,8-;;/m0../s1. The van der Waals surface area contributed by atoms with E-state index in [0.717, 1.165) is 0 Å². The average Bonchev–Trinajstić information content (AvgIpc) is 3.15. The summed E-state index contributed by atoms with van der Waals surface area (Å²) < 4.78 is 0. The van der Waals surface area contributed by atoms with Gasteiger partial charge in [-0.3, -0.25) is 15.4 Å². The fraction of sp³-hybridized carbons (Fsp3) is 0.200. The molecule has 2 aromatic carbocycles. The summed E-state index contributed by atoms with van der Waals surface area (Å²) in [5.74, 6) is 1.95. The monoisotopic (exact) mass is 346 g/mol. The molecule has 0 aliphatic rings. The van der Waals surface area contributed by atoms with Gasteiger partial charge in [-0.15, -0.1) is 5.56 Å². The number of nitrogens with two attached hydrogens (primary N) is 1. The van der Waals surface area contributed by atoms with Gasteiger partial charge in [0.05, 0.1) is 0 Å². The number of hydrogen-bond acceptors (Lipinski definition) is 4. The van der Waals surface area contributed by atoms with E-state index in [0.29, 0.717) is 5.56 Å². The number of nitrogens with one attached hydrogen (secondary N) is 1. The molecule has 0 fully saturated rings. The number of hydrazine groups is 1. The van der Waals surface area contributed by atoms with Crippen LogP contribution in [0.5, 0.6) is 0 Å². The smallest absolute Gasteiger partial charge is 0.482 e. The van der Waals surface area contributed by atoms with Crippen LogP contribution in [0, 0.1) is 0 Å². The summed E-state index contributed by atoms with van der Waals surface area (Å²) in [6.07, 6.45) is -0.0921. The second-order valence-electron chi connectivity index (χ2n) is 4.36. The second-order valence-corrected chi connectivity index (χ2v) is 4.36. The fourth-order valence-corrected chi connectivity index (χ4v) is 1.80. The topological polar surface area (TPSA) is 113 Å². The molecule has 0 spiro atoms. The van der Waals surface area contributed by atoms with Gasteiger partial charge in [0.15, 0.2) is 0 Å². The Morgan fingerprint density at radius 1 is 1.09 bits per heavy atom. The van der Waals surface area contributed by atoms with E-state index in [1.807, 2.05) is 30.3 Å². The molecule has 1 unspecified atom stereocenters. The Bertz CT molecular complexity index is 509. The largest absolute Gasteiger partial charge is 2.00 e. The van der Waals surface area contributed by atoms with Crippen LogP contribution in [0.1, 0.15) is 17.9 Å². The predicted molar refractivity (Wildman–Crippen MR) is 77.8 cm³/mol. The summed E-state index contributed by atoms with van der Waals surface area (Å²) in [6.45, 7) is 0. The van der Waals surface area contributed by atoms with Gasteiger partial charge in [0.1, 0.15) is 6.04 Å². The van der Waals surface area contributed by atoms with E-state index in [1.165, 1.54) is 0 Å². The molecule has 0 saturated carbocycles. The molecule has 2 aromatic rings. The van der Waals surface area contributed by atoms with Gasteiger partial charge in [-0.1, -0.05) is 0 Å². The van der Waals surface area contributed by atoms with Crippen molar-refractivity contribution in [2.45, 2.75) is 18.4 Å². The molecule has 0 aliphatic carbocycles. The number of carboxylic acid groups (broad SMARTS) is 2. The molecule has 0 radical (unpaired) electrons. The Labute approximate surface area is 139 Å². The summed E-state index contributed by atoms with van der Waals surface area (Å²) in [6, 6.07) is 15.6. The Kier molecular flexibility index (Phi) is 9.82. The van der Waals surface area contributed by atoms with Gasteiger partial charge < -0.3 is 10.2 Å². The molecule has 0 aliphatic heterocycles. The number of carbonyl (C=O) groups is 2. The molecule has 7 heteroatoms. The molecule has 2 atom stereocenters. The van der Waals surface area contributed by atoms with Crippen molar-refractivity contribution in [2.75, 3.05) is 0 Å². The molecular formula is C15H18FeN2O4. The third-order valence-electron chi connectivity index (χ3n) is 2.92. The van der Waals surface area contributed by atoms with Crippen molar-refractivity contribution in [2.24, 2.45) is 5.84 Å². The van der Waals surface area contributed by atoms with Gasteiger partial charge in [0, 0.05) is 5.92 Å². The quantitative estimate of drug-likeness (QED) is 0.271. The van der Waals surface area contributed by atoms with E-state index in [2.05, 4.69) is 5.43 Å². The molecule has 120 valence electrons. The molecule has 5 N–H and O–H groups in total. The first-order chi connectivity index (χ1) is 10.1. The zero-order valence-electron chi connectivity index (χ0n) is 11.7. The molecule has 0 aromatic heterocycles. The van der Waals surface area contributed by atoms with Crippen molar-refractivity contribution in [1.82, 2.24) is 5.43 Å². The molecule has 0 heterocycles. The summed E-state index contributed by atoms with van der Waals surface area (Å²) >= 11 is 0. The molecule has 0 bridgehead atoms. The van der Waals surface area contributed by atoms with Crippen molar-refractivity contribution in [3.05, 3.63) is 60.2 Å². The van der Waals surface area contributed by atoms with Crippen LogP contribution in [-0.4, -0.2) is 28.2 Å². The second kappa shape index (κ2) is 10.8. The van der Waals surface area contributed by atoms with Crippen LogP contribution in [-0.2, 0) is 26.7 Å². The predicted octanol–water partition coefficient (Wildman–Crippen LogP) is 1.28. The summed E-state index contributed by atoms with van der Waals surface area (Å²) in [4.78, 5) is 21.7. The summed E-state index contributed by atoms with van der Waals surface area (Å²) in [7, 11) is 0. The minimum atomic E-state index is -1.17. The third kappa shape index (κ3) is 6.69. The zero-order valence-corrected chi connectivity index (χ0v) is 12.8. The molecular weight excluding hydrogens is 328 g/mol. The maximum Gasteiger partial charge on any atom is 2.00 e. The maximum atomic E-state index is 11.0. The first kappa shape index (κ1) is 20.1. The van der Waals surface area contributed by atoms with Gasteiger partial charge in [0.25, 0.3) is 5.97 Å². The van der Waals surface area contributed by atoms with Crippen LogP contribution in [0.4, 0.5) is 0 Å². The van der Waals surface area contributed by atoms with Gasteiger partial charge in [0.2, 0.25) is 0 Å². The molecule has 2 rings (SSSR count). The molecule has 22 heavy (non-hydrogen) atoms. The van der Waals surface area contributed by atoms with E-state index in [-0.39, 0.29) is 23.5 Å². The molecule has 0 amide bonds. The SMILES string of the molecule is NN[C@@H](CC(C(=O)O)[c-]1cccc1)C(=O)O.[Fe+2].c1cc[cH-]c1. The van der Waals surface area contributed by atoms with Crippen molar-refractivity contribution < 1.29 is 36.9 Å². The third-order valence-corrected chi connectivity index (χ3v) is 2.92. The summed E-state index contributed by atoms with van der Waals surface area (Å²) in [5.41, 5.74) is 2.66. The average molecular weight is 346 g/mol. The number of hydrogen-bond donors (Lipinski definition) is 4. The van der Waals surface area contributed by atoms with E-state index < -0.39 is 23.9 Å². The van der Waals surface area contributed by atoms with E-state index in [9.17, 15) is 9.59 Å². The van der Waals surface area contributed by atoms with Crippen LogP contribution in [0.15, 0.2) is 54.6 Å². The minimum Gasteiger partial charge on any atom is -0.482 e. The van der Waals surface area contributed by atoms with Crippen molar-refractivity contribution in [1.29, 1.82) is 0 Å². The van der Waals surface area contributed by atoms with E-state index >= 15 is 0 Å². The van der Waals surface area contributed by atoms with Gasteiger partial charge in [-0.25, -0.2) is 29.7 Å². The van der Waals surface area contributed by atoms with E-state index in [4.69, 9.17) is 16.1 Å². The van der Waals surface area contributed by atoms with Crippen LogP contribution >= 0.6 is 0 Å². The van der Waals surface area contributed by atoms with Crippen LogP contribution < -0.4 is 11.3 Å². The Morgan fingerprint density at radius 2 is 1.64 bits per heavy atom. The van der Waals surface area contributed by atoms with E-state index in [1.54, 1.807) is 24.3 Å². The number of aliphatic carboxylic acids is 2. The first-order valence-electron chi connectivity index (χ1n) is 6.36. The molecule has 6 nitrogen and oxygen atoms in total. The van der Waals surface area contributed by atoms with Crippen LogP contribution in [0.25, 0.3) is 0 Å². The van der Waals surface area contributed by atoms with Crippen LogP contribution in [0.3, 0.4) is 0 Å². The Morgan fingerprint density at radius 3 is 1.95 bits per heavy atom. The van der Waals surface area contributed by atoms with Crippen molar-refractivity contribution >= 4 is 11.9 Å². The first-order valence-corrected chi connectivity index (χ1v) is 6.36. The van der Waals surface area contributed by atoms with Gasteiger partial charge in [-0.05, 0) is 6.42 Å². The summed E-state index contributed by atoms with van der Waals surface area (Å²) in [5, 5.41) is 17.8. The number of rotatable bonds is 6. The Balaban J connectivity index is 0.000000622. The van der Waals surface area contributed by atoms with Crippen molar-refractivity contribution in [3.63, 3.8) is 0 Å². The fourth-order valence-electron chi connectivity index (χ4n) is 1.80. The van der Waals surface area contributed by atoms with Crippen molar-refractivity contribution in [3.8, 4) is 0 Å². The van der Waals surface area contributed by atoms with Crippen LogP contribution in [0.2, 0.25) is 0 Å². The van der Waals surface area contributed by atoms with Gasteiger partial charge >= 0.3 is 23.0 Å². The van der Waals surface area contributed by atoms with Gasteiger partial charge in [-0.2, -0.15) is 30.3 Å². The minimum absolute atomic E-state index is 0. The zero-order chi connectivity index (χ0) is 15.7. The number of carboxylic acids is 2. The normalized spacial score (nSPS) is 12.2. The Hall–Kier alpha value is -1.92.